The Hall–Kier alpha value is -0.310. The molecule has 0 saturated heterocycles. The van der Waals surface area contributed by atoms with Crippen molar-refractivity contribution in [1.82, 2.24) is 5.32 Å². The number of hydrogen-bond acceptors (Lipinski definition) is 1. The third-order valence-electron chi connectivity index (χ3n) is 1.69. The molecule has 1 aliphatic rings. The summed E-state index contributed by atoms with van der Waals surface area (Å²) in [4.78, 5) is 11.0. The van der Waals surface area contributed by atoms with Crippen molar-refractivity contribution >= 4 is 21.8 Å². The minimum Gasteiger partial charge on any atom is -0.353 e. The van der Waals surface area contributed by atoms with Crippen LogP contribution in [0.2, 0.25) is 0 Å². The van der Waals surface area contributed by atoms with Crippen LogP contribution in [-0.4, -0.2) is 17.3 Å². The van der Waals surface area contributed by atoms with Gasteiger partial charge in [-0.25, -0.2) is 0 Å². The summed E-state index contributed by atoms with van der Waals surface area (Å²) in [5.41, 5.74) is 0. The smallest absolute Gasteiger partial charge is 0.221 e. The van der Waals surface area contributed by atoms with E-state index in [1.54, 1.807) is 0 Å². The van der Waals surface area contributed by atoms with Gasteiger partial charge in [-0.2, -0.15) is 0 Å². The van der Waals surface area contributed by atoms with Crippen molar-refractivity contribution in [3.05, 3.63) is 12.2 Å². The van der Waals surface area contributed by atoms with Crippen molar-refractivity contribution < 1.29 is 4.79 Å². The van der Waals surface area contributed by atoms with Gasteiger partial charge in [0.25, 0.3) is 0 Å². The first kappa shape index (κ1) is 8.78. The summed E-state index contributed by atoms with van der Waals surface area (Å²) in [5, 5.41) is 3.70. The minimum atomic E-state index is 0.149. The number of carbonyl (C=O) groups is 1. The molecule has 62 valence electrons. The Bertz CT molecular complexity index is 159. The zero-order chi connectivity index (χ0) is 8.10. The molecule has 0 radical (unpaired) electrons. The van der Waals surface area contributed by atoms with Gasteiger partial charge in [0.15, 0.2) is 0 Å². The highest BCUT2D eigenvalue weighted by Gasteiger charge is 2.11. The first-order valence-corrected chi connectivity index (χ1v) is 4.95. The van der Waals surface area contributed by atoms with Crippen molar-refractivity contribution in [1.29, 1.82) is 0 Å². The summed E-state index contributed by atoms with van der Waals surface area (Å²) in [7, 11) is 0. The van der Waals surface area contributed by atoms with E-state index in [9.17, 15) is 4.79 Å². The van der Waals surface area contributed by atoms with Crippen LogP contribution in [0.5, 0.6) is 0 Å². The summed E-state index contributed by atoms with van der Waals surface area (Å²) < 4.78 is 0. The zero-order valence-corrected chi connectivity index (χ0v) is 7.93. The van der Waals surface area contributed by atoms with Crippen molar-refractivity contribution in [3.8, 4) is 0 Å². The summed E-state index contributed by atoms with van der Waals surface area (Å²) in [6, 6.07) is 0.363. The lowest BCUT2D eigenvalue weighted by molar-refractivity contribution is -0.121. The Kier molecular flexibility index (Phi) is 3.63. The number of nitrogens with one attached hydrogen (secondary N) is 1. The molecule has 0 heterocycles. The molecule has 1 aliphatic carbocycles. The summed E-state index contributed by atoms with van der Waals surface area (Å²) >= 11 is 3.22. The normalized spacial score (nSPS) is 17.2. The number of carbonyl (C=O) groups excluding carboxylic acids is 1. The highest BCUT2D eigenvalue weighted by atomic mass is 79.9. The molecule has 11 heavy (non-hydrogen) atoms. The molecule has 0 aromatic heterocycles. The SMILES string of the molecule is O=C(CCBr)NC1CC=CC1. The number of amides is 1. The van der Waals surface area contributed by atoms with Crippen LogP contribution in [0.1, 0.15) is 19.3 Å². The number of hydrogen-bond donors (Lipinski definition) is 1. The lowest BCUT2D eigenvalue weighted by atomic mass is 10.2. The highest BCUT2D eigenvalue weighted by Crippen LogP contribution is 2.08. The van der Waals surface area contributed by atoms with Gasteiger partial charge >= 0.3 is 0 Å². The fourth-order valence-corrected chi connectivity index (χ4v) is 1.48. The largest absolute Gasteiger partial charge is 0.353 e. The Morgan fingerprint density at radius 2 is 2.18 bits per heavy atom. The van der Waals surface area contributed by atoms with E-state index >= 15 is 0 Å². The van der Waals surface area contributed by atoms with E-state index in [4.69, 9.17) is 0 Å². The van der Waals surface area contributed by atoms with E-state index in [-0.39, 0.29) is 5.91 Å². The van der Waals surface area contributed by atoms with Gasteiger partial charge in [-0.15, -0.1) is 0 Å². The molecule has 1 rings (SSSR count). The van der Waals surface area contributed by atoms with E-state index in [1.807, 2.05) is 0 Å². The molecule has 0 aromatic carbocycles. The fraction of sp³-hybridized carbons (Fsp3) is 0.625. The van der Waals surface area contributed by atoms with Gasteiger partial charge in [0, 0.05) is 17.8 Å². The van der Waals surface area contributed by atoms with E-state index in [1.165, 1.54) is 0 Å². The molecular formula is C8H12BrNO. The Balaban J connectivity index is 2.15. The third kappa shape index (κ3) is 3.06. The minimum absolute atomic E-state index is 0.149. The quantitative estimate of drug-likeness (QED) is 0.565. The Morgan fingerprint density at radius 1 is 1.55 bits per heavy atom. The molecule has 0 unspecified atom stereocenters. The molecule has 0 spiro atoms. The standard InChI is InChI=1S/C8H12BrNO/c9-6-5-8(11)10-7-3-1-2-4-7/h1-2,7H,3-6H2,(H,10,11). The van der Waals surface area contributed by atoms with E-state index < -0.39 is 0 Å². The second-order valence-electron chi connectivity index (χ2n) is 2.65. The highest BCUT2D eigenvalue weighted by molar-refractivity contribution is 9.09. The monoisotopic (exact) mass is 217 g/mol. The van der Waals surface area contributed by atoms with E-state index in [0.29, 0.717) is 12.5 Å². The van der Waals surface area contributed by atoms with Crippen molar-refractivity contribution in [3.63, 3.8) is 0 Å². The van der Waals surface area contributed by atoms with Crippen molar-refractivity contribution in [2.75, 3.05) is 5.33 Å². The van der Waals surface area contributed by atoms with Crippen LogP contribution < -0.4 is 5.32 Å². The average molecular weight is 218 g/mol. The third-order valence-corrected chi connectivity index (χ3v) is 2.09. The molecule has 0 fully saturated rings. The van der Waals surface area contributed by atoms with E-state index in [0.717, 1.165) is 18.2 Å². The Labute approximate surface area is 75.2 Å². The van der Waals surface area contributed by atoms with Crippen LogP contribution in [0.3, 0.4) is 0 Å². The summed E-state index contributed by atoms with van der Waals surface area (Å²) in [5.74, 6) is 0.149. The molecule has 2 nitrogen and oxygen atoms in total. The Morgan fingerprint density at radius 3 is 2.73 bits per heavy atom. The van der Waals surface area contributed by atoms with Crippen LogP contribution in [0.4, 0.5) is 0 Å². The molecule has 0 bridgehead atoms. The number of rotatable bonds is 3. The maximum absolute atomic E-state index is 11.0. The zero-order valence-electron chi connectivity index (χ0n) is 6.35. The van der Waals surface area contributed by atoms with Crippen LogP contribution in [0.15, 0.2) is 12.2 Å². The van der Waals surface area contributed by atoms with Crippen LogP contribution in [0, 0.1) is 0 Å². The summed E-state index contributed by atoms with van der Waals surface area (Å²) in [6.07, 6.45) is 6.79. The first-order valence-electron chi connectivity index (χ1n) is 3.83. The predicted octanol–water partition coefficient (Wildman–Crippen LogP) is 1.61. The second-order valence-corrected chi connectivity index (χ2v) is 3.44. The molecule has 3 heteroatoms. The second kappa shape index (κ2) is 4.54. The topological polar surface area (TPSA) is 29.1 Å². The number of halogens is 1. The van der Waals surface area contributed by atoms with Crippen LogP contribution >= 0.6 is 15.9 Å². The maximum atomic E-state index is 11.0. The van der Waals surface area contributed by atoms with E-state index in [2.05, 4.69) is 33.4 Å². The van der Waals surface area contributed by atoms with Gasteiger partial charge < -0.3 is 5.32 Å². The predicted molar refractivity (Wildman–Crippen MR) is 48.7 cm³/mol. The molecule has 0 saturated carbocycles. The van der Waals surface area contributed by atoms with Gasteiger partial charge in [-0.1, -0.05) is 28.1 Å². The fourth-order valence-electron chi connectivity index (χ4n) is 1.12. The van der Waals surface area contributed by atoms with Gasteiger partial charge in [0.2, 0.25) is 5.91 Å². The molecule has 0 atom stereocenters. The molecule has 1 amide bonds. The van der Waals surface area contributed by atoms with Gasteiger partial charge in [0.05, 0.1) is 0 Å². The average Bonchev–Trinajstić information content (AvgIpc) is 2.40. The first-order chi connectivity index (χ1) is 5.33. The van der Waals surface area contributed by atoms with Crippen molar-refractivity contribution in [2.45, 2.75) is 25.3 Å². The molecular weight excluding hydrogens is 206 g/mol. The summed E-state index contributed by atoms with van der Waals surface area (Å²) in [6.45, 7) is 0. The molecule has 0 aromatic rings. The van der Waals surface area contributed by atoms with Gasteiger partial charge in [-0.3, -0.25) is 4.79 Å². The van der Waals surface area contributed by atoms with Crippen LogP contribution in [-0.2, 0) is 4.79 Å². The number of alkyl halides is 1. The lowest BCUT2D eigenvalue weighted by Gasteiger charge is -2.10. The maximum Gasteiger partial charge on any atom is 0.221 e. The molecule has 0 aliphatic heterocycles. The van der Waals surface area contributed by atoms with Gasteiger partial charge in [-0.05, 0) is 12.8 Å². The lowest BCUT2D eigenvalue weighted by Crippen LogP contribution is -2.32. The molecule has 1 N–H and O–H groups in total. The van der Waals surface area contributed by atoms with Crippen molar-refractivity contribution in [2.24, 2.45) is 0 Å². The van der Waals surface area contributed by atoms with Crippen LogP contribution in [0.25, 0.3) is 0 Å². The van der Waals surface area contributed by atoms with Gasteiger partial charge in [0.1, 0.15) is 0 Å².